The van der Waals surface area contributed by atoms with Crippen molar-refractivity contribution >= 4 is 11.9 Å². The van der Waals surface area contributed by atoms with Gasteiger partial charge in [0.05, 0.1) is 0 Å². The molecule has 0 aliphatic carbocycles. The summed E-state index contributed by atoms with van der Waals surface area (Å²) in [6, 6.07) is 0. The molecule has 6 heteroatoms. The van der Waals surface area contributed by atoms with Crippen molar-refractivity contribution in [2.45, 2.75) is 38.6 Å². The summed E-state index contributed by atoms with van der Waals surface area (Å²) in [5, 5.41) is 6.50. The molecule has 0 aromatic carbocycles. The molecule has 0 saturated carbocycles. The SMILES string of the molecule is CN=C(NCC(C)(C)N(C)C)N1CCCC2(CNC(=O)C2)C1. The second-order valence-corrected chi connectivity index (χ2v) is 7.59. The van der Waals surface area contributed by atoms with Crippen LogP contribution in [0.25, 0.3) is 0 Å². The van der Waals surface area contributed by atoms with Crippen LogP contribution in [0.5, 0.6) is 0 Å². The van der Waals surface area contributed by atoms with Crippen molar-refractivity contribution in [1.82, 2.24) is 20.4 Å². The van der Waals surface area contributed by atoms with Crippen molar-refractivity contribution < 1.29 is 4.79 Å². The maximum atomic E-state index is 11.6. The first-order chi connectivity index (χ1) is 10.3. The lowest BCUT2D eigenvalue weighted by Gasteiger charge is -2.42. The molecule has 2 heterocycles. The van der Waals surface area contributed by atoms with Gasteiger partial charge in [-0.05, 0) is 40.8 Å². The molecule has 2 aliphatic rings. The Morgan fingerprint density at radius 1 is 1.50 bits per heavy atom. The number of guanidine groups is 1. The van der Waals surface area contributed by atoms with E-state index in [0.29, 0.717) is 6.42 Å². The van der Waals surface area contributed by atoms with Crippen molar-refractivity contribution in [2.75, 3.05) is 47.3 Å². The van der Waals surface area contributed by atoms with Crippen LogP contribution in [0.15, 0.2) is 4.99 Å². The molecule has 1 unspecified atom stereocenters. The fourth-order valence-electron chi connectivity index (χ4n) is 3.21. The van der Waals surface area contributed by atoms with Crippen LogP contribution in [0.4, 0.5) is 0 Å². The van der Waals surface area contributed by atoms with Gasteiger partial charge in [-0.2, -0.15) is 0 Å². The molecule has 2 aliphatic heterocycles. The summed E-state index contributed by atoms with van der Waals surface area (Å²) < 4.78 is 0. The van der Waals surface area contributed by atoms with E-state index in [-0.39, 0.29) is 16.9 Å². The van der Waals surface area contributed by atoms with Crippen LogP contribution in [0.3, 0.4) is 0 Å². The molecular formula is C16H31N5O. The second kappa shape index (κ2) is 6.44. The van der Waals surface area contributed by atoms with Crippen LogP contribution >= 0.6 is 0 Å². The van der Waals surface area contributed by atoms with E-state index in [9.17, 15) is 4.79 Å². The minimum absolute atomic E-state index is 0.0638. The van der Waals surface area contributed by atoms with E-state index < -0.39 is 0 Å². The van der Waals surface area contributed by atoms with Crippen molar-refractivity contribution in [1.29, 1.82) is 0 Å². The zero-order valence-corrected chi connectivity index (χ0v) is 14.7. The van der Waals surface area contributed by atoms with E-state index in [1.165, 1.54) is 0 Å². The van der Waals surface area contributed by atoms with Gasteiger partial charge in [-0.3, -0.25) is 9.79 Å². The Bertz CT molecular complexity index is 446. The molecule has 0 aromatic heterocycles. The molecule has 2 rings (SSSR count). The molecule has 0 aromatic rings. The lowest BCUT2D eigenvalue weighted by atomic mass is 9.79. The standard InChI is InChI=1S/C16H31N5O/c1-15(2,20(4)5)10-19-14(17-3)21-8-6-7-16(12-21)9-13(22)18-11-16/h6-12H2,1-5H3,(H,17,19)(H,18,22). The van der Waals surface area contributed by atoms with E-state index in [2.05, 4.69) is 53.4 Å². The number of nitrogens with one attached hydrogen (secondary N) is 2. The van der Waals surface area contributed by atoms with Gasteiger partial charge in [-0.1, -0.05) is 0 Å². The highest BCUT2D eigenvalue weighted by Crippen LogP contribution is 2.35. The molecule has 0 bridgehead atoms. The maximum Gasteiger partial charge on any atom is 0.220 e. The molecule has 2 saturated heterocycles. The average Bonchev–Trinajstić information content (AvgIpc) is 2.80. The van der Waals surface area contributed by atoms with E-state index in [1.807, 2.05) is 7.05 Å². The number of nitrogens with zero attached hydrogens (tertiary/aromatic N) is 3. The zero-order chi connectivity index (χ0) is 16.4. The third-order valence-corrected chi connectivity index (χ3v) is 5.26. The second-order valence-electron chi connectivity index (χ2n) is 7.59. The molecule has 2 N–H and O–H groups in total. The normalized spacial score (nSPS) is 26.7. The Hall–Kier alpha value is -1.30. The van der Waals surface area contributed by atoms with Crippen molar-refractivity contribution in [3.8, 4) is 0 Å². The lowest BCUT2D eigenvalue weighted by molar-refractivity contribution is -0.119. The maximum absolute atomic E-state index is 11.6. The number of carbonyl (C=O) groups excluding carboxylic acids is 1. The fourth-order valence-corrected chi connectivity index (χ4v) is 3.21. The van der Waals surface area contributed by atoms with Crippen LogP contribution in [-0.4, -0.2) is 74.5 Å². The summed E-state index contributed by atoms with van der Waals surface area (Å²) in [5.41, 5.74) is 0.165. The summed E-state index contributed by atoms with van der Waals surface area (Å²) in [4.78, 5) is 20.6. The lowest BCUT2D eigenvalue weighted by Crippen LogP contribution is -2.55. The number of hydrogen-bond donors (Lipinski definition) is 2. The third-order valence-electron chi connectivity index (χ3n) is 5.26. The van der Waals surface area contributed by atoms with E-state index in [0.717, 1.165) is 45.0 Å². The number of aliphatic imine (C=N–C) groups is 1. The first-order valence-electron chi connectivity index (χ1n) is 8.18. The largest absolute Gasteiger partial charge is 0.355 e. The van der Waals surface area contributed by atoms with Crippen LogP contribution in [0, 0.1) is 5.41 Å². The number of amides is 1. The van der Waals surface area contributed by atoms with Gasteiger partial charge in [-0.15, -0.1) is 0 Å². The summed E-state index contributed by atoms with van der Waals surface area (Å²) in [6.07, 6.45) is 2.90. The molecule has 22 heavy (non-hydrogen) atoms. The molecule has 0 radical (unpaired) electrons. The number of hydrogen-bond acceptors (Lipinski definition) is 3. The Morgan fingerprint density at radius 3 is 2.77 bits per heavy atom. The number of rotatable bonds is 3. The van der Waals surface area contributed by atoms with Gasteiger partial charge in [0.25, 0.3) is 0 Å². The number of piperidine rings is 1. The van der Waals surface area contributed by atoms with Gasteiger partial charge < -0.3 is 20.4 Å². The van der Waals surface area contributed by atoms with Gasteiger partial charge in [0.2, 0.25) is 5.91 Å². The number of carbonyl (C=O) groups is 1. The van der Waals surface area contributed by atoms with E-state index in [1.54, 1.807) is 0 Å². The van der Waals surface area contributed by atoms with Gasteiger partial charge >= 0.3 is 0 Å². The molecule has 126 valence electrons. The monoisotopic (exact) mass is 309 g/mol. The molecular weight excluding hydrogens is 278 g/mol. The van der Waals surface area contributed by atoms with Crippen molar-refractivity contribution in [3.63, 3.8) is 0 Å². The highest BCUT2D eigenvalue weighted by molar-refractivity contribution is 5.81. The van der Waals surface area contributed by atoms with Crippen molar-refractivity contribution in [2.24, 2.45) is 10.4 Å². The summed E-state index contributed by atoms with van der Waals surface area (Å²) in [6.45, 7) is 8.00. The third kappa shape index (κ3) is 3.72. The Balaban J connectivity index is 1.98. The smallest absolute Gasteiger partial charge is 0.220 e. The van der Waals surface area contributed by atoms with Gasteiger partial charge in [0.1, 0.15) is 0 Å². The average molecular weight is 309 g/mol. The number of likely N-dealkylation sites (tertiary alicyclic amines) is 1. The zero-order valence-electron chi connectivity index (χ0n) is 14.7. The number of likely N-dealkylation sites (N-methyl/N-ethyl adjacent to an activating group) is 1. The van der Waals surface area contributed by atoms with Crippen LogP contribution in [-0.2, 0) is 4.79 Å². The van der Waals surface area contributed by atoms with Crippen LogP contribution < -0.4 is 10.6 Å². The van der Waals surface area contributed by atoms with Crippen LogP contribution in [0.1, 0.15) is 33.1 Å². The molecule has 6 nitrogen and oxygen atoms in total. The topological polar surface area (TPSA) is 60.0 Å². The quantitative estimate of drug-likeness (QED) is 0.589. The summed E-state index contributed by atoms with van der Waals surface area (Å²) >= 11 is 0. The highest BCUT2D eigenvalue weighted by atomic mass is 16.1. The molecule has 1 amide bonds. The van der Waals surface area contributed by atoms with Crippen LogP contribution in [0.2, 0.25) is 0 Å². The first kappa shape index (κ1) is 17.1. The van der Waals surface area contributed by atoms with E-state index in [4.69, 9.17) is 0 Å². The minimum atomic E-state index is 0.0638. The highest BCUT2D eigenvalue weighted by Gasteiger charge is 2.42. The Kier molecular flexibility index (Phi) is 5.00. The van der Waals surface area contributed by atoms with Gasteiger partial charge in [0, 0.05) is 50.6 Å². The van der Waals surface area contributed by atoms with Gasteiger partial charge in [-0.25, -0.2) is 0 Å². The minimum Gasteiger partial charge on any atom is -0.355 e. The predicted octanol–water partition coefficient (Wildman–Crippen LogP) is 0.504. The molecule has 1 spiro atoms. The fraction of sp³-hybridized carbons (Fsp3) is 0.875. The van der Waals surface area contributed by atoms with E-state index >= 15 is 0 Å². The summed E-state index contributed by atoms with van der Waals surface area (Å²) in [5.74, 6) is 1.15. The van der Waals surface area contributed by atoms with Gasteiger partial charge in [0.15, 0.2) is 5.96 Å². The Morgan fingerprint density at radius 2 is 2.23 bits per heavy atom. The molecule has 1 atom stereocenters. The Labute approximate surface area is 134 Å². The predicted molar refractivity (Wildman–Crippen MR) is 90.0 cm³/mol. The molecule has 2 fully saturated rings. The summed E-state index contributed by atoms with van der Waals surface area (Å²) in [7, 11) is 6.02. The first-order valence-corrected chi connectivity index (χ1v) is 8.18. The van der Waals surface area contributed by atoms with Crippen molar-refractivity contribution in [3.05, 3.63) is 0 Å².